The Kier molecular flexibility index (Phi) is 6.66. The number of carbonyl (C=O) groups is 1. The van der Waals surface area contributed by atoms with Crippen LogP contribution in [0.25, 0.3) is 10.9 Å². The van der Waals surface area contributed by atoms with E-state index in [2.05, 4.69) is 26.0 Å². The lowest BCUT2D eigenvalue weighted by Crippen LogP contribution is -2.23. The fourth-order valence-corrected chi connectivity index (χ4v) is 3.25. The summed E-state index contributed by atoms with van der Waals surface area (Å²) in [6.45, 7) is 7.50. The lowest BCUT2D eigenvalue weighted by molar-refractivity contribution is -0.132. The second-order valence-corrected chi connectivity index (χ2v) is 7.80. The Balaban J connectivity index is 2.08. The van der Waals surface area contributed by atoms with Crippen LogP contribution in [0.1, 0.15) is 45.0 Å². The molecule has 0 unspecified atom stereocenters. The van der Waals surface area contributed by atoms with Crippen LogP contribution in [0.2, 0.25) is 0 Å². The minimum Gasteiger partial charge on any atom is -0.490 e. The van der Waals surface area contributed by atoms with E-state index in [0.29, 0.717) is 40.4 Å². The summed E-state index contributed by atoms with van der Waals surface area (Å²) in [4.78, 5) is 29.0. The van der Waals surface area contributed by atoms with E-state index in [1.54, 1.807) is 30.5 Å². The van der Waals surface area contributed by atoms with Crippen LogP contribution < -0.4 is 15.0 Å². The Morgan fingerprint density at radius 1 is 1.23 bits per heavy atom. The Hall–Kier alpha value is -3.00. The van der Waals surface area contributed by atoms with Gasteiger partial charge in [0, 0.05) is 17.3 Å². The molecule has 0 saturated heterocycles. The van der Waals surface area contributed by atoms with Crippen LogP contribution in [0, 0.1) is 0 Å². The highest BCUT2D eigenvalue weighted by atomic mass is 79.9. The van der Waals surface area contributed by atoms with Crippen LogP contribution in [0.15, 0.2) is 50.8 Å². The average molecular weight is 472 g/mol. The molecule has 0 aliphatic heterocycles. The zero-order valence-corrected chi connectivity index (χ0v) is 18.8. The summed E-state index contributed by atoms with van der Waals surface area (Å²) in [5.74, 6) is 0.882. The van der Waals surface area contributed by atoms with Gasteiger partial charge in [0.2, 0.25) is 0 Å². The number of aromatic nitrogens is 2. The molecule has 0 aliphatic rings. The number of hydrogen-bond donors (Lipinski definition) is 0. The molecular formula is C22H22BrN3O4. The number of esters is 1. The third-order valence-corrected chi connectivity index (χ3v) is 4.69. The van der Waals surface area contributed by atoms with E-state index in [1.165, 1.54) is 11.6 Å². The highest BCUT2D eigenvalue weighted by Crippen LogP contribution is 2.28. The van der Waals surface area contributed by atoms with Gasteiger partial charge >= 0.3 is 5.97 Å². The summed E-state index contributed by atoms with van der Waals surface area (Å²) >= 11 is 3.40. The Labute approximate surface area is 182 Å². The van der Waals surface area contributed by atoms with E-state index in [9.17, 15) is 9.59 Å². The van der Waals surface area contributed by atoms with Crippen LogP contribution in [-0.4, -0.2) is 28.5 Å². The number of rotatable bonds is 6. The Morgan fingerprint density at radius 2 is 2.00 bits per heavy atom. The number of halogens is 1. The van der Waals surface area contributed by atoms with Gasteiger partial charge < -0.3 is 9.47 Å². The van der Waals surface area contributed by atoms with Crippen LogP contribution in [0.5, 0.6) is 11.5 Å². The molecule has 156 valence electrons. The van der Waals surface area contributed by atoms with Crippen molar-refractivity contribution in [1.82, 2.24) is 9.66 Å². The van der Waals surface area contributed by atoms with Crippen LogP contribution in [-0.2, 0) is 4.79 Å². The van der Waals surface area contributed by atoms with Crippen molar-refractivity contribution < 1.29 is 14.3 Å². The van der Waals surface area contributed by atoms with Crippen LogP contribution in [0.4, 0.5) is 0 Å². The van der Waals surface area contributed by atoms with Crippen molar-refractivity contribution >= 4 is 39.0 Å². The molecule has 1 aromatic heterocycles. The molecule has 30 heavy (non-hydrogen) atoms. The predicted molar refractivity (Wildman–Crippen MR) is 120 cm³/mol. The van der Waals surface area contributed by atoms with E-state index >= 15 is 0 Å². The first-order chi connectivity index (χ1) is 14.3. The van der Waals surface area contributed by atoms with E-state index in [0.717, 1.165) is 4.47 Å². The molecule has 0 atom stereocenters. The summed E-state index contributed by atoms with van der Waals surface area (Å²) in [6.07, 6.45) is 1.55. The molecule has 0 fully saturated rings. The number of nitrogens with zero attached hydrogens (tertiary/aromatic N) is 3. The van der Waals surface area contributed by atoms with Gasteiger partial charge in [0.15, 0.2) is 11.5 Å². The SMILES string of the molecule is CCOc1cc(C=Nn2c(C(C)C)nc3ccc(Br)cc3c2=O)ccc1OC(C)=O. The van der Waals surface area contributed by atoms with Gasteiger partial charge in [0.25, 0.3) is 5.56 Å². The van der Waals surface area contributed by atoms with Crippen molar-refractivity contribution in [2.75, 3.05) is 6.61 Å². The minimum absolute atomic E-state index is 0.00627. The summed E-state index contributed by atoms with van der Waals surface area (Å²) in [7, 11) is 0. The van der Waals surface area contributed by atoms with E-state index in [4.69, 9.17) is 9.47 Å². The first kappa shape index (κ1) is 21.7. The second-order valence-electron chi connectivity index (χ2n) is 6.88. The first-order valence-electron chi connectivity index (χ1n) is 9.52. The van der Waals surface area contributed by atoms with Crippen molar-refractivity contribution in [3.8, 4) is 11.5 Å². The van der Waals surface area contributed by atoms with Gasteiger partial charge in [-0.3, -0.25) is 9.59 Å². The molecule has 0 bridgehead atoms. The molecule has 0 saturated carbocycles. The summed E-state index contributed by atoms with van der Waals surface area (Å²) in [5.41, 5.74) is 1.07. The molecule has 0 aliphatic carbocycles. The molecule has 3 rings (SSSR count). The highest BCUT2D eigenvalue weighted by molar-refractivity contribution is 9.10. The fraction of sp³-hybridized carbons (Fsp3) is 0.273. The highest BCUT2D eigenvalue weighted by Gasteiger charge is 2.14. The maximum Gasteiger partial charge on any atom is 0.308 e. The number of ether oxygens (including phenoxy) is 2. The van der Waals surface area contributed by atoms with E-state index in [-0.39, 0.29) is 11.5 Å². The zero-order chi connectivity index (χ0) is 21.8. The number of hydrogen-bond acceptors (Lipinski definition) is 6. The number of fused-ring (bicyclic) bond motifs is 1. The third-order valence-electron chi connectivity index (χ3n) is 4.19. The maximum atomic E-state index is 13.1. The molecule has 2 aromatic carbocycles. The Bertz CT molecular complexity index is 1180. The first-order valence-corrected chi connectivity index (χ1v) is 10.3. The number of benzene rings is 2. The van der Waals surface area contributed by atoms with Crippen molar-refractivity contribution in [1.29, 1.82) is 0 Å². The normalized spacial score (nSPS) is 11.4. The van der Waals surface area contributed by atoms with Gasteiger partial charge in [-0.05, 0) is 48.9 Å². The standard InChI is InChI=1S/C22H22BrN3O4/c1-5-29-20-10-15(6-9-19(20)30-14(4)27)12-24-26-21(13(2)3)25-18-8-7-16(23)11-17(18)22(26)28/h6-13H,5H2,1-4H3. The largest absolute Gasteiger partial charge is 0.490 e. The topological polar surface area (TPSA) is 82.8 Å². The molecule has 0 amide bonds. The smallest absolute Gasteiger partial charge is 0.308 e. The molecule has 7 nitrogen and oxygen atoms in total. The minimum atomic E-state index is -0.432. The quantitative estimate of drug-likeness (QED) is 0.300. The molecule has 3 aromatic rings. The van der Waals surface area contributed by atoms with Crippen molar-refractivity contribution in [2.45, 2.75) is 33.6 Å². The van der Waals surface area contributed by atoms with Crippen molar-refractivity contribution in [3.63, 3.8) is 0 Å². The third kappa shape index (κ3) is 4.76. The maximum absolute atomic E-state index is 13.1. The molecular weight excluding hydrogens is 450 g/mol. The lowest BCUT2D eigenvalue weighted by atomic mass is 10.2. The van der Waals surface area contributed by atoms with Crippen LogP contribution in [0.3, 0.4) is 0 Å². The summed E-state index contributed by atoms with van der Waals surface area (Å²) < 4.78 is 12.8. The van der Waals surface area contributed by atoms with Gasteiger partial charge in [-0.1, -0.05) is 29.8 Å². The zero-order valence-electron chi connectivity index (χ0n) is 17.2. The van der Waals surface area contributed by atoms with Gasteiger partial charge in [0.05, 0.1) is 23.7 Å². The molecule has 1 heterocycles. The van der Waals surface area contributed by atoms with E-state index in [1.807, 2.05) is 32.9 Å². The van der Waals surface area contributed by atoms with Crippen molar-refractivity contribution in [3.05, 3.63) is 62.6 Å². The predicted octanol–water partition coefficient (Wildman–Crippen LogP) is 4.49. The lowest BCUT2D eigenvalue weighted by Gasteiger charge is -2.12. The molecule has 0 N–H and O–H groups in total. The van der Waals surface area contributed by atoms with Gasteiger partial charge in [-0.25, -0.2) is 4.98 Å². The van der Waals surface area contributed by atoms with Gasteiger partial charge in [0.1, 0.15) is 5.82 Å². The molecule has 8 heteroatoms. The van der Waals surface area contributed by atoms with Gasteiger partial charge in [-0.2, -0.15) is 9.78 Å². The molecule has 0 spiro atoms. The Morgan fingerprint density at radius 3 is 2.67 bits per heavy atom. The second kappa shape index (κ2) is 9.21. The van der Waals surface area contributed by atoms with Gasteiger partial charge in [-0.15, -0.1) is 0 Å². The average Bonchev–Trinajstić information content (AvgIpc) is 2.69. The van der Waals surface area contributed by atoms with Crippen molar-refractivity contribution in [2.24, 2.45) is 5.10 Å². The monoisotopic (exact) mass is 471 g/mol. The fourth-order valence-electron chi connectivity index (χ4n) is 2.89. The van der Waals surface area contributed by atoms with E-state index < -0.39 is 5.97 Å². The summed E-state index contributed by atoms with van der Waals surface area (Å²) in [6, 6.07) is 10.5. The molecule has 0 radical (unpaired) electrons. The summed E-state index contributed by atoms with van der Waals surface area (Å²) in [5, 5.41) is 4.88. The number of carbonyl (C=O) groups excluding carboxylic acids is 1. The van der Waals surface area contributed by atoms with Crippen LogP contribution >= 0.6 is 15.9 Å².